The van der Waals surface area contributed by atoms with Gasteiger partial charge in [0, 0.05) is 17.5 Å². The van der Waals surface area contributed by atoms with Crippen molar-refractivity contribution in [2.75, 3.05) is 20.8 Å². The molecule has 4 heteroatoms. The van der Waals surface area contributed by atoms with Crippen molar-refractivity contribution < 1.29 is 9.47 Å². The van der Waals surface area contributed by atoms with Crippen LogP contribution >= 0.6 is 11.6 Å². The topological polar surface area (TPSA) is 44.5 Å². The molecule has 0 aliphatic heterocycles. The van der Waals surface area contributed by atoms with Crippen molar-refractivity contribution in [3.63, 3.8) is 0 Å². The van der Waals surface area contributed by atoms with Crippen LogP contribution < -0.4 is 15.2 Å². The minimum atomic E-state index is -0.000491. The zero-order valence-corrected chi connectivity index (χ0v) is 12.4. The normalized spacial score (nSPS) is 18.1. The molecule has 0 spiro atoms. The number of nitrogens with two attached hydrogens (primary N) is 1. The summed E-state index contributed by atoms with van der Waals surface area (Å²) < 4.78 is 10.8. The third-order valence-electron chi connectivity index (χ3n) is 4.26. The number of hydrogen-bond acceptors (Lipinski definition) is 3. The highest BCUT2D eigenvalue weighted by Crippen LogP contribution is 2.47. The summed E-state index contributed by atoms with van der Waals surface area (Å²) in [5.74, 6) is 1.36. The zero-order valence-electron chi connectivity index (χ0n) is 11.7. The van der Waals surface area contributed by atoms with Gasteiger partial charge >= 0.3 is 0 Å². The largest absolute Gasteiger partial charge is 0.495 e. The van der Waals surface area contributed by atoms with E-state index in [1.54, 1.807) is 14.2 Å². The van der Waals surface area contributed by atoms with Crippen molar-refractivity contribution in [2.45, 2.75) is 37.5 Å². The van der Waals surface area contributed by atoms with E-state index in [0.29, 0.717) is 23.1 Å². The Bertz CT molecular complexity index is 442. The van der Waals surface area contributed by atoms with E-state index in [9.17, 15) is 0 Å². The molecule has 0 amide bonds. The van der Waals surface area contributed by atoms with Gasteiger partial charge in [-0.25, -0.2) is 0 Å². The highest BCUT2D eigenvalue weighted by Gasteiger charge is 2.36. The lowest BCUT2D eigenvalue weighted by molar-refractivity contribution is 0.287. The molecule has 2 rings (SSSR count). The van der Waals surface area contributed by atoms with Gasteiger partial charge in [-0.2, -0.15) is 0 Å². The van der Waals surface area contributed by atoms with Gasteiger partial charge in [0.25, 0.3) is 0 Å². The minimum Gasteiger partial charge on any atom is -0.495 e. The number of methoxy groups -OCH3 is 2. The quantitative estimate of drug-likeness (QED) is 0.919. The first kappa shape index (κ1) is 14.5. The summed E-state index contributed by atoms with van der Waals surface area (Å²) in [6, 6.07) is 3.97. The summed E-state index contributed by atoms with van der Waals surface area (Å²) in [6.07, 6.45) is 5.91. The maximum atomic E-state index is 6.36. The fourth-order valence-corrected chi connectivity index (χ4v) is 3.44. The van der Waals surface area contributed by atoms with Crippen LogP contribution in [0.2, 0.25) is 5.02 Å². The van der Waals surface area contributed by atoms with Crippen LogP contribution in [-0.2, 0) is 5.41 Å². The SMILES string of the molecule is COc1ccc(C2(CN)CCCCC2)c(OC)c1Cl. The summed E-state index contributed by atoms with van der Waals surface area (Å²) >= 11 is 6.36. The Kier molecular flexibility index (Phi) is 4.58. The van der Waals surface area contributed by atoms with E-state index in [1.165, 1.54) is 19.3 Å². The molecule has 0 aromatic heterocycles. The molecule has 1 aliphatic carbocycles. The molecule has 106 valence electrons. The second kappa shape index (κ2) is 6.02. The predicted octanol–water partition coefficient (Wildman–Crippen LogP) is 3.52. The van der Waals surface area contributed by atoms with E-state index in [-0.39, 0.29) is 5.41 Å². The number of ether oxygens (including phenoxy) is 2. The molecule has 0 heterocycles. The van der Waals surface area contributed by atoms with Crippen molar-refractivity contribution in [3.8, 4) is 11.5 Å². The average molecular weight is 284 g/mol. The molecule has 1 fully saturated rings. The van der Waals surface area contributed by atoms with Gasteiger partial charge in [-0.15, -0.1) is 0 Å². The van der Waals surface area contributed by atoms with Gasteiger partial charge in [0.2, 0.25) is 0 Å². The second-order valence-electron chi connectivity index (χ2n) is 5.21. The number of halogens is 1. The Morgan fingerprint density at radius 1 is 1.16 bits per heavy atom. The molecular formula is C15H22ClNO2. The van der Waals surface area contributed by atoms with Crippen molar-refractivity contribution >= 4 is 11.6 Å². The Hall–Kier alpha value is -0.930. The van der Waals surface area contributed by atoms with E-state index >= 15 is 0 Å². The fraction of sp³-hybridized carbons (Fsp3) is 0.600. The maximum Gasteiger partial charge on any atom is 0.145 e. The minimum absolute atomic E-state index is 0.000491. The van der Waals surface area contributed by atoms with Crippen LogP contribution in [0.3, 0.4) is 0 Å². The summed E-state index contributed by atoms with van der Waals surface area (Å²) in [5, 5.41) is 0.542. The summed E-state index contributed by atoms with van der Waals surface area (Å²) in [6.45, 7) is 0.631. The van der Waals surface area contributed by atoms with Crippen molar-refractivity contribution in [1.29, 1.82) is 0 Å². The van der Waals surface area contributed by atoms with Gasteiger partial charge in [0.1, 0.15) is 16.5 Å². The van der Waals surface area contributed by atoms with Crippen LogP contribution in [0.25, 0.3) is 0 Å². The molecule has 2 N–H and O–H groups in total. The second-order valence-corrected chi connectivity index (χ2v) is 5.59. The Morgan fingerprint density at radius 3 is 2.37 bits per heavy atom. The molecule has 0 saturated heterocycles. The average Bonchev–Trinajstić information content (AvgIpc) is 2.47. The Balaban J connectivity index is 2.51. The first-order chi connectivity index (χ1) is 9.18. The van der Waals surface area contributed by atoms with Crippen molar-refractivity contribution in [3.05, 3.63) is 22.7 Å². The molecule has 0 radical (unpaired) electrons. The highest BCUT2D eigenvalue weighted by molar-refractivity contribution is 6.33. The Morgan fingerprint density at radius 2 is 1.84 bits per heavy atom. The molecule has 1 aromatic rings. The van der Waals surface area contributed by atoms with E-state index in [2.05, 4.69) is 6.07 Å². The molecule has 1 saturated carbocycles. The van der Waals surface area contributed by atoms with Gasteiger partial charge in [-0.3, -0.25) is 0 Å². The van der Waals surface area contributed by atoms with E-state index in [1.807, 2.05) is 6.07 Å². The van der Waals surface area contributed by atoms with Crippen LogP contribution in [-0.4, -0.2) is 20.8 Å². The molecule has 0 bridgehead atoms. The monoisotopic (exact) mass is 283 g/mol. The van der Waals surface area contributed by atoms with Gasteiger partial charge in [0.15, 0.2) is 0 Å². The summed E-state index contributed by atoms with van der Waals surface area (Å²) in [5.41, 5.74) is 7.21. The van der Waals surface area contributed by atoms with Crippen molar-refractivity contribution in [1.82, 2.24) is 0 Å². The molecule has 0 unspecified atom stereocenters. The third kappa shape index (κ3) is 2.54. The van der Waals surface area contributed by atoms with Crippen LogP contribution in [0.4, 0.5) is 0 Å². The number of rotatable bonds is 4. The fourth-order valence-electron chi connectivity index (χ4n) is 3.12. The highest BCUT2D eigenvalue weighted by atomic mass is 35.5. The summed E-state index contributed by atoms with van der Waals surface area (Å²) in [7, 11) is 3.26. The lowest BCUT2D eigenvalue weighted by atomic mass is 9.69. The predicted molar refractivity (Wildman–Crippen MR) is 78.4 cm³/mol. The van der Waals surface area contributed by atoms with Gasteiger partial charge in [-0.05, 0) is 18.9 Å². The molecular weight excluding hydrogens is 262 g/mol. The standard InChI is InChI=1S/C15H22ClNO2/c1-18-12-7-6-11(14(19-2)13(12)16)15(10-17)8-4-3-5-9-15/h6-7H,3-5,8-10,17H2,1-2H3. The zero-order chi connectivity index (χ0) is 13.9. The van der Waals surface area contributed by atoms with Crippen LogP contribution in [0.15, 0.2) is 12.1 Å². The molecule has 0 atom stereocenters. The molecule has 1 aromatic carbocycles. The van der Waals surface area contributed by atoms with Crippen molar-refractivity contribution in [2.24, 2.45) is 5.73 Å². The third-order valence-corrected chi connectivity index (χ3v) is 4.62. The van der Waals surface area contributed by atoms with E-state index in [4.69, 9.17) is 26.8 Å². The first-order valence-corrected chi connectivity index (χ1v) is 7.17. The number of benzene rings is 1. The van der Waals surface area contributed by atoms with Gasteiger partial charge < -0.3 is 15.2 Å². The van der Waals surface area contributed by atoms with E-state index < -0.39 is 0 Å². The van der Waals surface area contributed by atoms with Crippen LogP contribution in [0.1, 0.15) is 37.7 Å². The van der Waals surface area contributed by atoms with Gasteiger partial charge in [-0.1, -0.05) is 36.9 Å². The smallest absolute Gasteiger partial charge is 0.145 e. The lowest BCUT2D eigenvalue weighted by Gasteiger charge is -2.38. The van der Waals surface area contributed by atoms with Crippen LogP contribution in [0, 0.1) is 0 Å². The Labute approximate surface area is 120 Å². The van der Waals surface area contributed by atoms with Crippen LogP contribution in [0.5, 0.6) is 11.5 Å². The van der Waals surface area contributed by atoms with E-state index in [0.717, 1.165) is 18.4 Å². The molecule has 19 heavy (non-hydrogen) atoms. The lowest BCUT2D eigenvalue weighted by Crippen LogP contribution is -2.37. The number of hydrogen-bond donors (Lipinski definition) is 1. The first-order valence-electron chi connectivity index (χ1n) is 6.79. The molecule has 3 nitrogen and oxygen atoms in total. The van der Waals surface area contributed by atoms with Gasteiger partial charge in [0.05, 0.1) is 14.2 Å². The molecule has 1 aliphatic rings. The summed E-state index contributed by atoms with van der Waals surface area (Å²) in [4.78, 5) is 0. The maximum absolute atomic E-state index is 6.36.